The van der Waals surface area contributed by atoms with Crippen molar-refractivity contribution in [2.45, 2.75) is 0 Å². The highest BCUT2D eigenvalue weighted by Crippen LogP contribution is 2.39. The summed E-state index contributed by atoms with van der Waals surface area (Å²) in [6.07, 6.45) is 1.83. The maximum Gasteiger partial charge on any atom is 0.0972 e. The number of hydrogen-bond donors (Lipinski definition) is 0. The first-order valence-electron chi connectivity index (χ1n) is 16.8. The van der Waals surface area contributed by atoms with E-state index in [0.29, 0.717) is 0 Å². The van der Waals surface area contributed by atoms with Gasteiger partial charge in [-0.3, -0.25) is 4.98 Å². The fourth-order valence-corrected chi connectivity index (χ4v) is 7.21. The fourth-order valence-electron chi connectivity index (χ4n) is 7.21. The number of benzene rings is 6. The van der Waals surface area contributed by atoms with Crippen LogP contribution in [0.5, 0.6) is 0 Å². The smallest absolute Gasteiger partial charge is 0.0972 e. The van der Waals surface area contributed by atoms with E-state index in [4.69, 9.17) is 15.0 Å². The SMILES string of the molecule is c1ccc(-c2ccc3c(ccc4c5ccc(-c6cccc(-c7ccc8ccc9cccnc9c8n7)c6)cc5nc(-c5ccccc5)c34)n2)cc1. The normalized spacial score (nSPS) is 11.6. The van der Waals surface area contributed by atoms with Gasteiger partial charge in [0, 0.05) is 49.8 Å². The van der Waals surface area contributed by atoms with Crippen molar-refractivity contribution in [1.29, 1.82) is 0 Å². The number of fused-ring (bicyclic) bond motifs is 8. The van der Waals surface area contributed by atoms with Gasteiger partial charge < -0.3 is 0 Å². The van der Waals surface area contributed by atoms with Crippen LogP contribution in [-0.4, -0.2) is 19.9 Å². The zero-order valence-electron chi connectivity index (χ0n) is 27.0. The van der Waals surface area contributed by atoms with Crippen molar-refractivity contribution in [2.24, 2.45) is 0 Å². The zero-order chi connectivity index (χ0) is 33.0. The molecule has 0 unspecified atom stereocenters. The van der Waals surface area contributed by atoms with Gasteiger partial charge >= 0.3 is 0 Å². The minimum Gasteiger partial charge on any atom is -0.254 e. The standard InChI is InChI=1S/C46H28N4/c1-3-9-29(10-4-1)39-24-22-38-41(48-39)25-21-37-36-20-18-34(28-42(36)50-44(43(37)38)30-11-5-2-6-12-30)33-13-7-14-35(27-33)40-23-19-32-17-16-31-15-8-26-47-45(31)46(32)49-40/h1-28H. The molecule has 10 rings (SSSR count). The van der Waals surface area contributed by atoms with Crippen molar-refractivity contribution in [3.05, 3.63) is 170 Å². The molecule has 4 heterocycles. The molecule has 0 N–H and O–H groups in total. The summed E-state index contributed by atoms with van der Waals surface area (Å²) in [4.78, 5) is 20.2. The molecule has 0 aliphatic heterocycles. The van der Waals surface area contributed by atoms with Crippen LogP contribution in [0.1, 0.15) is 0 Å². The zero-order valence-corrected chi connectivity index (χ0v) is 27.0. The van der Waals surface area contributed by atoms with E-state index in [2.05, 4.69) is 151 Å². The van der Waals surface area contributed by atoms with Crippen LogP contribution >= 0.6 is 0 Å². The lowest BCUT2D eigenvalue weighted by atomic mass is 9.94. The Bertz CT molecular complexity index is 2920. The third-order valence-electron chi connectivity index (χ3n) is 9.67. The Morgan fingerprint density at radius 3 is 1.86 bits per heavy atom. The molecule has 232 valence electrons. The maximum absolute atomic E-state index is 5.39. The van der Waals surface area contributed by atoms with Crippen LogP contribution < -0.4 is 0 Å². The minimum atomic E-state index is 0.917. The number of pyridine rings is 4. The van der Waals surface area contributed by atoms with Gasteiger partial charge in [0.05, 0.1) is 39.1 Å². The fraction of sp³-hybridized carbons (Fsp3) is 0. The molecule has 0 fully saturated rings. The Morgan fingerprint density at radius 1 is 0.340 bits per heavy atom. The van der Waals surface area contributed by atoms with E-state index in [1.54, 1.807) is 0 Å². The predicted molar refractivity (Wildman–Crippen MR) is 207 cm³/mol. The lowest BCUT2D eigenvalue weighted by molar-refractivity contribution is 1.37. The average molecular weight is 637 g/mol. The molecule has 0 radical (unpaired) electrons. The topological polar surface area (TPSA) is 51.6 Å². The molecule has 0 saturated carbocycles. The first kappa shape index (κ1) is 28.3. The molecule has 4 aromatic heterocycles. The molecule has 6 aromatic carbocycles. The second-order valence-corrected chi connectivity index (χ2v) is 12.7. The summed E-state index contributed by atoms with van der Waals surface area (Å²) in [7, 11) is 0. The van der Waals surface area contributed by atoms with Gasteiger partial charge in [0.1, 0.15) is 0 Å². The molecule has 4 heteroatoms. The molecular formula is C46H28N4. The number of aromatic nitrogens is 4. The second-order valence-electron chi connectivity index (χ2n) is 12.7. The van der Waals surface area contributed by atoms with Gasteiger partial charge in [-0.15, -0.1) is 0 Å². The molecule has 0 amide bonds. The Labute approximate surface area is 288 Å². The molecule has 0 aliphatic rings. The molecule has 10 aromatic rings. The summed E-state index contributed by atoms with van der Waals surface area (Å²) in [5.74, 6) is 0. The molecule has 0 saturated heterocycles. The number of hydrogen-bond acceptors (Lipinski definition) is 4. The lowest BCUT2D eigenvalue weighted by Crippen LogP contribution is -1.93. The van der Waals surface area contributed by atoms with E-state index in [-0.39, 0.29) is 0 Å². The molecule has 4 nitrogen and oxygen atoms in total. The van der Waals surface area contributed by atoms with Crippen molar-refractivity contribution in [3.63, 3.8) is 0 Å². The van der Waals surface area contributed by atoms with Gasteiger partial charge in [0.2, 0.25) is 0 Å². The second kappa shape index (κ2) is 11.4. The minimum absolute atomic E-state index is 0.917. The van der Waals surface area contributed by atoms with Crippen LogP contribution in [0, 0.1) is 0 Å². The van der Waals surface area contributed by atoms with E-state index in [0.717, 1.165) is 99.3 Å². The third-order valence-corrected chi connectivity index (χ3v) is 9.67. The average Bonchev–Trinajstić information content (AvgIpc) is 3.20. The molecule has 0 aliphatic carbocycles. The van der Waals surface area contributed by atoms with E-state index in [1.165, 1.54) is 0 Å². The van der Waals surface area contributed by atoms with Crippen molar-refractivity contribution in [3.8, 4) is 44.9 Å². The Balaban J connectivity index is 1.13. The Morgan fingerprint density at radius 2 is 1.00 bits per heavy atom. The predicted octanol–water partition coefficient (Wildman–Crippen LogP) is 11.7. The summed E-state index contributed by atoms with van der Waals surface area (Å²) in [5.41, 5.74) is 12.0. The van der Waals surface area contributed by atoms with Gasteiger partial charge in [-0.05, 0) is 59.0 Å². The number of rotatable bonds is 4. The quantitative estimate of drug-likeness (QED) is 0.180. The van der Waals surface area contributed by atoms with Crippen molar-refractivity contribution < 1.29 is 0 Å². The summed E-state index contributed by atoms with van der Waals surface area (Å²) < 4.78 is 0. The van der Waals surface area contributed by atoms with Crippen LogP contribution in [0.25, 0.3) is 99.3 Å². The third kappa shape index (κ3) is 4.69. The summed E-state index contributed by atoms with van der Waals surface area (Å²) in [6.45, 7) is 0. The van der Waals surface area contributed by atoms with Gasteiger partial charge in [-0.2, -0.15) is 0 Å². The molecular weight excluding hydrogens is 609 g/mol. The Hall–Kier alpha value is -6.78. The van der Waals surface area contributed by atoms with Crippen LogP contribution in [-0.2, 0) is 0 Å². The number of nitrogens with zero attached hydrogens (tertiary/aromatic N) is 4. The largest absolute Gasteiger partial charge is 0.254 e. The van der Waals surface area contributed by atoms with Gasteiger partial charge in [-0.25, -0.2) is 15.0 Å². The summed E-state index contributed by atoms with van der Waals surface area (Å²) >= 11 is 0. The van der Waals surface area contributed by atoms with Crippen molar-refractivity contribution >= 4 is 54.4 Å². The van der Waals surface area contributed by atoms with Gasteiger partial charge in [0.15, 0.2) is 0 Å². The van der Waals surface area contributed by atoms with E-state index in [1.807, 2.05) is 24.4 Å². The van der Waals surface area contributed by atoms with Crippen molar-refractivity contribution in [1.82, 2.24) is 19.9 Å². The highest BCUT2D eigenvalue weighted by Gasteiger charge is 2.16. The monoisotopic (exact) mass is 636 g/mol. The van der Waals surface area contributed by atoms with E-state index >= 15 is 0 Å². The van der Waals surface area contributed by atoms with Crippen molar-refractivity contribution in [2.75, 3.05) is 0 Å². The van der Waals surface area contributed by atoms with Crippen LogP contribution in [0.15, 0.2) is 170 Å². The summed E-state index contributed by atoms with van der Waals surface area (Å²) in [6, 6.07) is 57.2. The van der Waals surface area contributed by atoms with Crippen LogP contribution in [0.2, 0.25) is 0 Å². The van der Waals surface area contributed by atoms with Crippen LogP contribution in [0.4, 0.5) is 0 Å². The van der Waals surface area contributed by atoms with E-state index < -0.39 is 0 Å². The van der Waals surface area contributed by atoms with E-state index in [9.17, 15) is 0 Å². The highest BCUT2D eigenvalue weighted by atomic mass is 14.8. The summed E-state index contributed by atoms with van der Waals surface area (Å²) in [5, 5.41) is 6.66. The molecule has 50 heavy (non-hydrogen) atoms. The van der Waals surface area contributed by atoms with Crippen LogP contribution in [0.3, 0.4) is 0 Å². The Kier molecular flexibility index (Phi) is 6.46. The molecule has 0 bridgehead atoms. The molecule has 0 spiro atoms. The maximum atomic E-state index is 5.39. The first-order chi connectivity index (χ1) is 24.8. The van der Waals surface area contributed by atoms with Gasteiger partial charge in [-0.1, -0.05) is 121 Å². The lowest BCUT2D eigenvalue weighted by Gasteiger charge is -2.14. The first-order valence-corrected chi connectivity index (χ1v) is 16.8. The van der Waals surface area contributed by atoms with Gasteiger partial charge in [0.25, 0.3) is 0 Å². The highest BCUT2D eigenvalue weighted by molar-refractivity contribution is 6.21. The molecule has 0 atom stereocenters.